The van der Waals surface area contributed by atoms with E-state index in [1.165, 1.54) is 9.75 Å². The van der Waals surface area contributed by atoms with Crippen LogP contribution in [-0.4, -0.2) is 24.0 Å². The number of aliphatic imine (C=N–C) groups is 1. The molecule has 0 radical (unpaired) electrons. The van der Waals surface area contributed by atoms with Gasteiger partial charge in [0.2, 0.25) is 0 Å². The van der Waals surface area contributed by atoms with Crippen LogP contribution < -0.4 is 10.6 Å². The van der Waals surface area contributed by atoms with Gasteiger partial charge >= 0.3 is 0 Å². The zero-order chi connectivity index (χ0) is 15.9. The molecule has 0 aliphatic carbocycles. The lowest BCUT2D eigenvalue weighted by molar-refractivity contribution is 0.709. The van der Waals surface area contributed by atoms with Crippen LogP contribution in [0.3, 0.4) is 0 Å². The summed E-state index contributed by atoms with van der Waals surface area (Å²) in [6.45, 7) is 10.8. The zero-order valence-corrected chi connectivity index (χ0v) is 18.0. The Morgan fingerprint density at radius 3 is 2.70 bits per heavy atom. The summed E-state index contributed by atoms with van der Waals surface area (Å²) < 4.78 is 0. The second kappa shape index (κ2) is 10.2. The maximum absolute atomic E-state index is 4.68. The van der Waals surface area contributed by atoms with Crippen molar-refractivity contribution < 1.29 is 0 Å². The SMILES string of the molecule is CCNC(=NCc1sc(C)nc1C)NCC(C)c1cccs1.I. The van der Waals surface area contributed by atoms with Crippen LogP contribution in [0.1, 0.15) is 40.2 Å². The average molecular weight is 464 g/mol. The standard InChI is InChI=1S/C16H24N4S2.HI/c1-5-17-16(18-9-11(2)14-7-6-8-21-14)19-10-15-12(3)20-13(4)22-15;/h6-8,11H,5,9-10H2,1-4H3,(H2,17,18,19);1H. The Balaban J connectivity index is 0.00000264. The lowest BCUT2D eigenvalue weighted by Gasteiger charge is -2.14. The summed E-state index contributed by atoms with van der Waals surface area (Å²) in [5.41, 5.74) is 1.09. The van der Waals surface area contributed by atoms with Gasteiger partial charge in [0.05, 0.1) is 17.2 Å². The number of aromatic nitrogens is 1. The van der Waals surface area contributed by atoms with Crippen molar-refractivity contribution in [2.75, 3.05) is 13.1 Å². The van der Waals surface area contributed by atoms with E-state index in [2.05, 4.69) is 52.0 Å². The van der Waals surface area contributed by atoms with Crippen LogP contribution >= 0.6 is 46.7 Å². The van der Waals surface area contributed by atoms with E-state index in [9.17, 15) is 0 Å². The molecule has 128 valence electrons. The number of nitrogens with zero attached hydrogens (tertiary/aromatic N) is 2. The molecular weight excluding hydrogens is 439 g/mol. The molecule has 0 saturated carbocycles. The Hall–Kier alpha value is -0.670. The van der Waals surface area contributed by atoms with E-state index in [1.54, 1.807) is 22.7 Å². The summed E-state index contributed by atoms with van der Waals surface area (Å²) in [6, 6.07) is 4.29. The Kier molecular flexibility index (Phi) is 9.08. The first kappa shape index (κ1) is 20.4. The molecule has 0 aromatic carbocycles. The van der Waals surface area contributed by atoms with E-state index < -0.39 is 0 Å². The van der Waals surface area contributed by atoms with Gasteiger partial charge in [0, 0.05) is 28.8 Å². The van der Waals surface area contributed by atoms with Gasteiger partial charge in [0.25, 0.3) is 0 Å². The lowest BCUT2D eigenvalue weighted by Crippen LogP contribution is -2.39. The van der Waals surface area contributed by atoms with Crippen LogP contribution in [-0.2, 0) is 6.54 Å². The van der Waals surface area contributed by atoms with Crippen LogP contribution in [0.15, 0.2) is 22.5 Å². The maximum atomic E-state index is 4.68. The van der Waals surface area contributed by atoms with Crippen LogP contribution in [0.25, 0.3) is 0 Å². The van der Waals surface area contributed by atoms with Gasteiger partial charge in [-0.15, -0.1) is 46.7 Å². The van der Waals surface area contributed by atoms with E-state index in [-0.39, 0.29) is 24.0 Å². The summed E-state index contributed by atoms with van der Waals surface area (Å²) in [5, 5.41) is 9.97. The third-order valence-electron chi connectivity index (χ3n) is 3.33. The topological polar surface area (TPSA) is 49.3 Å². The Morgan fingerprint density at radius 1 is 1.35 bits per heavy atom. The molecule has 23 heavy (non-hydrogen) atoms. The largest absolute Gasteiger partial charge is 0.357 e. The Labute approximate surface area is 163 Å². The van der Waals surface area contributed by atoms with Gasteiger partial charge in [-0.1, -0.05) is 13.0 Å². The van der Waals surface area contributed by atoms with Crippen LogP contribution in [0, 0.1) is 13.8 Å². The van der Waals surface area contributed by atoms with Crippen molar-refractivity contribution in [2.24, 2.45) is 4.99 Å². The van der Waals surface area contributed by atoms with E-state index >= 15 is 0 Å². The van der Waals surface area contributed by atoms with Gasteiger partial charge in [-0.3, -0.25) is 0 Å². The number of aryl methyl sites for hydroxylation is 2. The number of thiazole rings is 1. The van der Waals surface area contributed by atoms with Gasteiger partial charge in [0.15, 0.2) is 5.96 Å². The molecule has 0 aliphatic heterocycles. The summed E-state index contributed by atoms with van der Waals surface area (Å²) >= 11 is 3.53. The quantitative estimate of drug-likeness (QED) is 0.381. The minimum atomic E-state index is 0. The highest BCUT2D eigenvalue weighted by atomic mass is 127. The Bertz CT molecular complexity index is 608. The van der Waals surface area contributed by atoms with E-state index in [0.717, 1.165) is 29.8 Å². The smallest absolute Gasteiger partial charge is 0.191 e. The molecule has 1 atom stereocenters. The second-order valence-corrected chi connectivity index (χ2v) is 7.50. The fourth-order valence-corrected chi connectivity index (χ4v) is 3.78. The average Bonchev–Trinajstić information content (AvgIpc) is 3.11. The second-order valence-electron chi connectivity index (χ2n) is 5.23. The highest BCUT2D eigenvalue weighted by Crippen LogP contribution is 2.20. The molecule has 0 bridgehead atoms. The number of hydrogen-bond acceptors (Lipinski definition) is 4. The lowest BCUT2D eigenvalue weighted by atomic mass is 10.1. The monoisotopic (exact) mass is 464 g/mol. The van der Waals surface area contributed by atoms with Crippen molar-refractivity contribution >= 4 is 52.6 Å². The van der Waals surface area contributed by atoms with Gasteiger partial charge < -0.3 is 10.6 Å². The van der Waals surface area contributed by atoms with Crippen LogP contribution in [0.2, 0.25) is 0 Å². The molecule has 1 unspecified atom stereocenters. The minimum absolute atomic E-state index is 0. The first-order valence-corrected chi connectivity index (χ1v) is 9.28. The van der Waals surface area contributed by atoms with E-state index in [1.807, 2.05) is 13.8 Å². The molecule has 0 fully saturated rings. The van der Waals surface area contributed by atoms with Crippen molar-refractivity contribution in [3.05, 3.63) is 38.0 Å². The molecule has 0 saturated heterocycles. The first-order valence-electron chi connectivity index (χ1n) is 7.58. The van der Waals surface area contributed by atoms with Gasteiger partial charge in [-0.25, -0.2) is 9.98 Å². The number of thiophene rings is 1. The van der Waals surface area contributed by atoms with E-state index in [4.69, 9.17) is 0 Å². The van der Waals surface area contributed by atoms with E-state index in [0.29, 0.717) is 12.5 Å². The summed E-state index contributed by atoms with van der Waals surface area (Å²) in [6.07, 6.45) is 0. The molecule has 2 aromatic rings. The highest BCUT2D eigenvalue weighted by molar-refractivity contribution is 14.0. The maximum Gasteiger partial charge on any atom is 0.191 e. The molecule has 2 rings (SSSR count). The third-order valence-corrected chi connectivity index (χ3v) is 5.49. The predicted molar refractivity (Wildman–Crippen MR) is 113 cm³/mol. The molecule has 4 nitrogen and oxygen atoms in total. The molecule has 0 aliphatic rings. The van der Waals surface area contributed by atoms with Crippen LogP contribution in [0.5, 0.6) is 0 Å². The normalized spacial score (nSPS) is 12.6. The minimum Gasteiger partial charge on any atom is -0.357 e. The number of guanidine groups is 1. The van der Waals surface area contributed by atoms with Crippen LogP contribution in [0.4, 0.5) is 0 Å². The molecule has 7 heteroatoms. The molecule has 0 amide bonds. The highest BCUT2D eigenvalue weighted by Gasteiger charge is 2.08. The van der Waals surface area contributed by atoms with Gasteiger partial charge in [0.1, 0.15) is 0 Å². The van der Waals surface area contributed by atoms with Gasteiger partial charge in [-0.05, 0) is 32.2 Å². The predicted octanol–water partition coefficient (Wildman–Crippen LogP) is 4.30. The summed E-state index contributed by atoms with van der Waals surface area (Å²) in [5.74, 6) is 1.35. The summed E-state index contributed by atoms with van der Waals surface area (Å²) in [7, 11) is 0. The molecule has 2 heterocycles. The number of halogens is 1. The number of hydrogen-bond donors (Lipinski definition) is 2. The number of nitrogens with one attached hydrogen (secondary N) is 2. The fourth-order valence-electron chi connectivity index (χ4n) is 2.13. The summed E-state index contributed by atoms with van der Waals surface area (Å²) in [4.78, 5) is 11.8. The molecular formula is C16H25IN4S2. The fraction of sp³-hybridized carbons (Fsp3) is 0.500. The van der Waals surface area contributed by atoms with Gasteiger partial charge in [-0.2, -0.15) is 0 Å². The number of rotatable bonds is 6. The van der Waals surface area contributed by atoms with Crippen molar-refractivity contribution in [1.82, 2.24) is 15.6 Å². The van der Waals surface area contributed by atoms with Crippen molar-refractivity contribution in [1.29, 1.82) is 0 Å². The van der Waals surface area contributed by atoms with Crippen molar-refractivity contribution in [2.45, 2.75) is 40.2 Å². The molecule has 2 aromatic heterocycles. The third kappa shape index (κ3) is 6.39. The molecule has 0 spiro atoms. The van der Waals surface area contributed by atoms with Crippen molar-refractivity contribution in [3.63, 3.8) is 0 Å². The first-order chi connectivity index (χ1) is 10.6. The zero-order valence-electron chi connectivity index (χ0n) is 14.0. The Morgan fingerprint density at radius 2 is 2.13 bits per heavy atom. The molecule has 2 N–H and O–H groups in total. The van der Waals surface area contributed by atoms with Crippen molar-refractivity contribution in [3.8, 4) is 0 Å².